The molecule has 0 unspecified atom stereocenters. The van der Waals surface area contributed by atoms with Crippen molar-refractivity contribution in [3.05, 3.63) is 21.3 Å². The summed E-state index contributed by atoms with van der Waals surface area (Å²) in [5.41, 5.74) is 0.706. The Kier molecular flexibility index (Phi) is 1.28. The van der Waals surface area contributed by atoms with Gasteiger partial charge in [-0.15, -0.1) is 0 Å². The fourth-order valence-electron chi connectivity index (χ4n) is 0.832. The highest BCUT2D eigenvalue weighted by atomic mass is 79.9. The highest BCUT2D eigenvalue weighted by Gasteiger charge is 2.02. The van der Waals surface area contributed by atoms with Crippen LogP contribution in [0.3, 0.4) is 0 Å². The van der Waals surface area contributed by atoms with E-state index in [4.69, 9.17) is 0 Å². The summed E-state index contributed by atoms with van der Waals surface area (Å²) in [5, 5.41) is 5.87. The Morgan fingerprint density at radius 3 is 3.09 bits per heavy atom. The minimum absolute atomic E-state index is 0.288. The van der Waals surface area contributed by atoms with Gasteiger partial charge in [-0.25, -0.2) is 10.1 Å². The van der Waals surface area contributed by atoms with Crippen LogP contribution in [0.5, 0.6) is 0 Å². The van der Waals surface area contributed by atoms with Gasteiger partial charge in [0.25, 0.3) is 5.56 Å². The van der Waals surface area contributed by atoms with Crippen LogP contribution in [0.25, 0.3) is 11.0 Å². The molecule has 0 aliphatic heterocycles. The average Bonchev–Trinajstić information content (AvgIpc) is 2.31. The predicted octanol–water partition coefficient (Wildman–Crippen LogP) is 0.409. The number of imidazole rings is 1. The zero-order chi connectivity index (χ0) is 7.84. The van der Waals surface area contributed by atoms with E-state index < -0.39 is 0 Å². The number of fused-ring (bicyclic) bond motifs is 1. The first-order valence-corrected chi connectivity index (χ1v) is 3.65. The molecule has 0 radical (unpaired) electrons. The average molecular weight is 215 g/mol. The maximum Gasteiger partial charge on any atom is 0.292 e. The van der Waals surface area contributed by atoms with Crippen LogP contribution in [-0.2, 0) is 0 Å². The largest absolute Gasteiger partial charge is 0.331 e. The Labute approximate surface area is 69.0 Å². The lowest BCUT2D eigenvalue weighted by Crippen LogP contribution is -2.06. The molecule has 56 valence electrons. The van der Waals surface area contributed by atoms with E-state index in [2.05, 4.69) is 36.1 Å². The van der Waals surface area contributed by atoms with Crippen molar-refractivity contribution in [2.45, 2.75) is 0 Å². The van der Waals surface area contributed by atoms with Gasteiger partial charge in [-0.05, 0) is 15.9 Å². The molecule has 0 fully saturated rings. The van der Waals surface area contributed by atoms with E-state index >= 15 is 0 Å². The van der Waals surface area contributed by atoms with Crippen molar-refractivity contribution in [1.82, 2.24) is 20.2 Å². The summed E-state index contributed by atoms with van der Waals surface area (Å²) in [4.78, 5) is 17.7. The highest BCUT2D eigenvalue weighted by Crippen LogP contribution is 2.08. The standard InChI is InChI=1S/C5H3BrN4O/c6-5-8-2-1-7-10-4(11)3(2)9-5/h1H,(H,8,9)(H,10,11). The van der Waals surface area contributed by atoms with E-state index in [0.29, 0.717) is 15.8 Å². The molecule has 2 rings (SSSR count). The molecular formula is C5H3BrN4O. The third-order valence-electron chi connectivity index (χ3n) is 1.28. The van der Waals surface area contributed by atoms with Crippen LogP contribution in [0, 0.1) is 0 Å². The van der Waals surface area contributed by atoms with Crippen molar-refractivity contribution >= 4 is 27.0 Å². The second-order valence-electron chi connectivity index (χ2n) is 1.99. The Hall–Kier alpha value is -1.17. The van der Waals surface area contributed by atoms with E-state index in [0.717, 1.165) is 0 Å². The third-order valence-corrected chi connectivity index (χ3v) is 1.65. The first-order chi connectivity index (χ1) is 5.27. The summed E-state index contributed by atoms with van der Waals surface area (Å²) in [6.07, 6.45) is 1.51. The molecule has 2 heterocycles. The Morgan fingerprint density at radius 1 is 1.55 bits per heavy atom. The molecule has 2 aromatic heterocycles. The van der Waals surface area contributed by atoms with Gasteiger partial charge in [0.15, 0.2) is 10.3 Å². The number of nitrogens with one attached hydrogen (secondary N) is 2. The van der Waals surface area contributed by atoms with Crippen LogP contribution in [0.4, 0.5) is 0 Å². The van der Waals surface area contributed by atoms with Crippen LogP contribution < -0.4 is 5.56 Å². The van der Waals surface area contributed by atoms with E-state index in [-0.39, 0.29) is 5.56 Å². The number of hydrogen-bond donors (Lipinski definition) is 2. The van der Waals surface area contributed by atoms with Crippen LogP contribution in [0.1, 0.15) is 0 Å². The maximum atomic E-state index is 11.0. The summed E-state index contributed by atoms with van der Waals surface area (Å²) >= 11 is 3.11. The van der Waals surface area contributed by atoms with Gasteiger partial charge in [0.1, 0.15) is 0 Å². The van der Waals surface area contributed by atoms with Crippen molar-refractivity contribution < 1.29 is 0 Å². The zero-order valence-electron chi connectivity index (χ0n) is 5.26. The van der Waals surface area contributed by atoms with Crippen LogP contribution in [0.15, 0.2) is 15.7 Å². The number of aromatic amines is 2. The fourth-order valence-corrected chi connectivity index (χ4v) is 1.22. The summed E-state index contributed by atoms with van der Waals surface area (Å²) in [7, 11) is 0. The topological polar surface area (TPSA) is 74.4 Å². The number of H-pyrrole nitrogens is 2. The molecule has 2 aromatic rings. The van der Waals surface area contributed by atoms with Gasteiger partial charge in [-0.3, -0.25) is 4.79 Å². The molecule has 11 heavy (non-hydrogen) atoms. The van der Waals surface area contributed by atoms with Crippen molar-refractivity contribution in [3.63, 3.8) is 0 Å². The molecular weight excluding hydrogens is 212 g/mol. The Bertz CT molecular complexity index is 445. The second-order valence-corrected chi connectivity index (χ2v) is 2.74. The van der Waals surface area contributed by atoms with Crippen LogP contribution in [0.2, 0.25) is 0 Å². The SMILES string of the molecule is O=c1[nH]ncc2[nH]c(Br)nc12. The first kappa shape index (κ1) is 6.53. The quantitative estimate of drug-likeness (QED) is 0.668. The van der Waals surface area contributed by atoms with Gasteiger partial charge in [0, 0.05) is 0 Å². The van der Waals surface area contributed by atoms with Gasteiger partial charge in [-0.1, -0.05) is 0 Å². The maximum absolute atomic E-state index is 11.0. The fraction of sp³-hybridized carbons (Fsp3) is 0. The molecule has 0 aromatic carbocycles. The molecule has 0 bridgehead atoms. The summed E-state index contributed by atoms with van der Waals surface area (Å²) in [6.45, 7) is 0. The Morgan fingerprint density at radius 2 is 2.36 bits per heavy atom. The number of halogens is 1. The molecule has 0 saturated carbocycles. The van der Waals surface area contributed by atoms with Crippen LogP contribution in [-0.4, -0.2) is 20.2 Å². The molecule has 0 saturated heterocycles. The van der Waals surface area contributed by atoms with Gasteiger partial charge in [-0.2, -0.15) is 5.10 Å². The van der Waals surface area contributed by atoms with Gasteiger partial charge >= 0.3 is 0 Å². The van der Waals surface area contributed by atoms with Gasteiger partial charge < -0.3 is 4.98 Å². The lowest BCUT2D eigenvalue weighted by atomic mass is 10.5. The molecule has 0 aliphatic carbocycles. The molecule has 5 nitrogen and oxygen atoms in total. The van der Waals surface area contributed by atoms with Crippen molar-refractivity contribution in [2.24, 2.45) is 0 Å². The molecule has 0 atom stereocenters. The Balaban J connectivity index is 3.02. The molecule has 2 N–H and O–H groups in total. The van der Waals surface area contributed by atoms with Crippen molar-refractivity contribution in [3.8, 4) is 0 Å². The number of hydrogen-bond acceptors (Lipinski definition) is 3. The smallest absolute Gasteiger partial charge is 0.292 e. The molecule has 6 heteroatoms. The molecule has 0 amide bonds. The summed E-state index contributed by atoms with van der Waals surface area (Å²) in [6, 6.07) is 0. The van der Waals surface area contributed by atoms with Gasteiger partial charge in [0.2, 0.25) is 0 Å². The minimum atomic E-state index is -0.288. The number of rotatable bonds is 0. The molecule has 0 aliphatic rings. The van der Waals surface area contributed by atoms with Crippen LogP contribution >= 0.6 is 15.9 Å². The lowest BCUT2D eigenvalue weighted by molar-refractivity contribution is 1.01. The third kappa shape index (κ3) is 0.949. The first-order valence-electron chi connectivity index (χ1n) is 2.86. The summed E-state index contributed by atoms with van der Waals surface area (Å²) < 4.78 is 0.533. The molecule has 0 spiro atoms. The predicted molar refractivity (Wildman–Crippen MR) is 42.2 cm³/mol. The van der Waals surface area contributed by atoms with E-state index in [1.807, 2.05) is 0 Å². The van der Waals surface area contributed by atoms with Crippen molar-refractivity contribution in [2.75, 3.05) is 0 Å². The second kappa shape index (κ2) is 2.16. The van der Waals surface area contributed by atoms with E-state index in [1.165, 1.54) is 6.20 Å². The van der Waals surface area contributed by atoms with Gasteiger partial charge in [0.05, 0.1) is 11.7 Å². The zero-order valence-corrected chi connectivity index (χ0v) is 6.84. The highest BCUT2D eigenvalue weighted by molar-refractivity contribution is 9.10. The number of aromatic nitrogens is 4. The van der Waals surface area contributed by atoms with E-state index in [1.54, 1.807) is 0 Å². The summed E-state index contributed by atoms with van der Waals surface area (Å²) in [5.74, 6) is 0. The van der Waals surface area contributed by atoms with E-state index in [9.17, 15) is 4.79 Å². The monoisotopic (exact) mass is 214 g/mol. The minimum Gasteiger partial charge on any atom is -0.331 e. The normalized spacial score (nSPS) is 10.6. The number of nitrogens with zero attached hydrogens (tertiary/aromatic N) is 2. The lowest BCUT2D eigenvalue weighted by Gasteiger charge is -1.81. The van der Waals surface area contributed by atoms with Crippen molar-refractivity contribution in [1.29, 1.82) is 0 Å².